The number of H-pyrrole nitrogens is 1. The van der Waals surface area contributed by atoms with Gasteiger partial charge in [-0.3, -0.25) is 4.79 Å². The van der Waals surface area contributed by atoms with Crippen molar-refractivity contribution in [3.05, 3.63) is 40.9 Å². The largest absolute Gasteiger partial charge is 0.339 e. The van der Waals surface area contributed by atoms with Crippen LogP contribution >= 0.6 is 0 Å². The van der Waals surface area contributed by atoms with Crippen LogP contribution < -0.4 is 5.56 Å². The summed E-state index contributed by atoms with van der Waals surface area (Å²) in [6.45, 7) is 0. The maximum atomic E-state index is 11.9. The van der Waals surface area contributed by atoms with Gasteiger partial charge in [0.25, 0.3) is 5.56 Å². The number of fused-ring (bicyclic) bond motifs is 3. The number of aromatic nitrogens is 3. The molecule has 0 saturated heterocycles. The number of rotatable bonds is 0. The number of nitrogens with zero attached hydrogens (tertiary/aromatic N) is 2. The van der Waals surface area contributed by atoms with Gasteiger partial charge in [-0.2, -0.15) is 0 Å². The lowest BCUT2D eigenvalue weighted by atomic mass is 10.2. The van der Waals surface area contributed by atoms with Gasteiger partial charge in [0.05, 0.1) is 11.7 Å². The Morgan fingerprint density at radius 1 is 1.33 bits per heavy atom. The van der Waals surface area contributed by atoms with Crippen molar-refractivity contribution in [3.8, 4) is 0 Å². The molecule has 0 bridgehead atoms. The molecule has 0 amide bonds. The van der Waals surface area contributed by atoms with Gasteiger partial charge in [-0.25, -0.2) is 4.98 Å². The molecule has 1 aromatic carbocycles. The number of hydrogen-bond donors (Lipinski definition) is 1. The van der Waals surface area contributed by atoms with Crippen LogP contribution in [0.25, 0.3) is 21.9 Å². The predicted molar refractivity (Wildman–Crippen MR) is 58.8 cm³/mol. The van der Waals surface area contributed by atoms with Gasteiger partial charge >= 0.3 is 0 Å². The zero-order chi connectivity index (χ0) is 10.4. The second kappa shape index (κ2) is 2.70. The number of aryl methyl sites for hydroxylation is 1. The average molecular weight is 199 g/mol. The van der Waals surface area contributed by atoms with Crippen molar-refractivity contribution in [2.75, 3.05) is 0 Å². The second-order valence-corrected chi connectivity index (χ2v) is 3.55. The summed E-state index contributed by atoms with van der Waals surface area (Å²) in [6, 6.07) is 7.72. The highest BCUT2D eigenvalue weighted by Gasteiger charge is 2.08. The zero-order valence-corrected chi connectivity index (χ0v) is 8.19. The first-order valence-corrected chi connectivity index (χ1v) is 4.69. The minimum atomic E-state index is -0.0162. The van der Waals surface area contributed by atoms with Crippen molar-refractivity contribution in [1.29, 1.82) is 0 Å². The molecule has 0 saturated carbocycles. The minimum absolute atomic E-state index is 0.0162. The monoisotopic (exact) mass is 199 g/mol. The topological polar surface area (TPSA) is 50.7 Å². The van der Waals surface area contributed by atoms with Crippen molar-refractivity contribution in [3.63, 3.8) is 0 Å². The van der Waals surface area contributed by atoms with Crippen LogP contribution in [-0.2, 0) is 7.05 Å². The third kappa shape index (κ3) is 1.01. The minimum Gasteiger partial charge on any atom is -0.339 e. The fourth-order valence-corrected chi connectivity index (χ4v) is 1.81. The Balaban J connectivity index is 2.69. The van der Waals surface area contributed by atoms with Gasteiger partial charge in [-0.05, 0) is 6.07 Å². The molecule has 3 rings (SSSR count). The van der Waals surface area contributed by atoms with Crippen molar-refractivity contribution in [2.24, 2.45) is 7.05 Å². The SMILES string of the molecule is Cn1cnc2[nH]c3ccccc3c2c1=O. The Hall–Kier alpha value is -2.10. The Kier molecular flexibility index (Phi) is 1.48. The Morgan fingerprint density at radius 3 is 3.00 bits per heavy atom. The van der Waals surface area contributed by atoms with Crippen molar-refractivity contribution in [1.82, 2.24) is 14.5 Å². The van der Waals surface area contributed by atoms with Gasteiger partial charge in [0, 0.05) is 18.0 Å². The summed E-state index contributed by atoms with van der Waals surface area (Å²) in [6.07, 6.45) is 1.53. The first kappa shape index (κ1) is 8.23. The van der Waals surface area contributed by atoms with E-state index in [1.165, 1.54) is 10.9 Å². The van der Waals surface area contributed by atoms with E-state index in [2.05, 4.69) is 9.97 Å². The van der Waals surface area contributed by atoms with Crippen molar-refractivity contribution < 1.29 is 0 Å². The quantitative estimate of drug-likeness (QED) is 0.595. The highest BCUT2D eigenvalue weighted by molar-refractivity contribution is 6.05. The molecule has 74 valence electrons. The Labute approximate surface area is 85.2 Å². The number of nitrogens with one attached hydrogen (secondary N) is 1. The summed E-state index contributed by atoms with van der Waals surface area (Å²) >= 11 is 0. The van der Waals surface area contributed by atoms with E-state index in [4.69, 9.17) is 0 Å². The molecular weight excluding hydrogens is 190 g/mol. The van der Waals surface area contributed by atoms with Gasteiger partial charge in [0.15, 0.2) is 0 Å². The molecule has 0 fully saturated rings. The molecule has 2 heterocycles. The molecule has 0 atom stereocenters. The zero-order valence-electron chi connectivity index (χ0n) is 8.19. The fourth-order valence-electron chi connectivity index (χ4n) is 1.81. The molecule has 4 nitrogen and oxygen atoms in total. The predicted octanol–water partition coefficient (Wildman–Crippen LogP) is 1.41. The molecule has 0 aliphatic rings. The maximum absolute atomic E-state index is 11.9. The van der Waals surface area contributed by atoms with E-state index >= 15 is 0 Å². The van der Waals surface area contributed by atoms with E-state index in [9.17, 15) is 4.79 Å². The summed E-state index contributed by atoms with van der Waals surface area (Å²) in [5.74, 6) is 0. The molecule has 2 aromatic heterocycles. The highest BCUT2D eigenvalue weighted by Crippen LogP contribution is 2.19. The lowest BCUT2D eigenvalue weighted by Crippen LogP contribution is -2.16. The van der Waals surface area contributed by atoms with Crippen LogP contribution in [0, 0.1) is 0 Å². The van der Waals surface area contributed by atoms with Crippen molar-refractivity contribution >= 4 is 21.9 Å². The summed E-state index contributed by atoms with van der Waals surface area (Å²) < 4.78 is 1.49. The summed E-state index contributed by atoms with van der Waals surface area (Å²) in [5, 5.41) is 1.59. The summed E-state index contributed by atoms with van der Waals surface area (Å²) in [5.41, 5.74) is 1.58. The van der Waals surface area contributed by atoms with Crippen LogP contribution in [-0.4, -0.2) is 14.5 Å². The molecule has 15 heavy (non-hydrogen) atoms. The molecule has 0 spiro atoms. The fraction of sp³-hybridized carbons (Fsp3) is 0.0909. The van der Waals surface area contributed by atoms with E-state index in [-0.39, 0.29) is 5.56 Å². The number of benzene rings is 1. The van der Waals surface area contributed by atoms with Gasteiger partial charge < -0.3 is 9.55 Å². The van der Waals surface area contributed by atoms with Crippen LogP contribution in [0.1, 0.15) is 0 Å². The molecule has 4 heteroatoms. The van der Waals surface area contributed by atoms with E-state index in [0.717, 1.165) is 10.9 Å². The lowest BCUT2D eigenvalue weighted by molar-refractivity contribution is 0.842. The lowest BCUT2D eigenvalue weighted by Gasteiger charge is -1.94. The molecular formula is C11H9N3O. The molecule has 3 aromatic rings. The molecule has 0 unspecified atom stereocenters. The maximum Gasteiger partial charge on any atom is 0.263 e. The first-order valence-electron chi connectivity index (χ1n) is 4.69. The van der Waals surface area contributed by atoms with E-state index in [1.54, 1.807) is 7.05 Å². The number of hydrogen-bond acceptors (Lipinski definition) is 2. The number of aromatic amines is 1. The third-order valence-corrected chi connectivity index (χ3v) is 2.58. The van der Waals surface area contributed by atoms with E-state index < -0.39 is 0 Å². The molecule has 1 N–H and O–H groups in total. The second-order valence-electron chi connectivity index (χ2n) is 3.55. The van der Waals surface area contributed by atoms with E-state index in [1.807, 2.05) is 24.3 Å². The average Bonchev–Trinajstić information content (AvgIpc) is 2.62. The summed E-state index contributed by atoms with van der Waals surface area (Å²) in [7, 11) is 1.70. The van der Waals surface area contributed by atoms with Crippen molar-refractivity contribution in [2.45, 2.75) is 0 Å². The van der Waals surface area contributed by atoms with Gasteiger partial charge in [0.2, 0.25) is 0 Å². The Morgan fingerprint density at radius 2 is 2.13 bits per heavy atom. The normalized spacial score (nSPS) is 11.3. The van der Waals surface area contributed by atoms with Crippen LogP contribution in [0.3, 0.4) is 0 Å². The van der Waals surface area contributed by atoms with Crippen LogP contribution in [0.2, 0.25) is 0 Å². The first-order chi connectivity index (χ1) is 7.27. The van der Waals surface area contributed by atoms with Crippen LogP contribution in [0.4, 0.5) is 0 Å². The van der Waals surface area contributed by atoms with Gasteiger partial charge in [-0.15, -0.1) is 0 Å². The van der Waals surface area contributed by atoms with E-state index in [0.29, 0.717) is 11.0 Å². The Bertz CT molecular complexity index is 708. The van der Waals surface area contributed by atoms with Crippen LogP contribution in [0.15, 0.2) is 35.4 Å². The third-order valence-electron chi connectivity index (χ3n) is 2.58. The number of para-hydroxylation sites is 1. The van der Waals surface area contributed by atoms with Gasteiger partial charge in [0.1, 0.15) is 5.65 Å². The summed E-state index contributed by atoms with van der Waals surface area (Å²) in [4.78, 5) is 19.2. The molecule has 0 aliphatic heterocycles. The van der Waals surface area contributed by atoms with Crippen LogP contribution in [0.5, 0.6) is 0 Å². The molecule has 0 aliphatic carbocycles. The standard InChI is InChI=1S/C11H9N3O/c1-14-6-12-10-9(11(14)15)7-4-2-3-5-8(7)13-10/h2-6,13H,1H3. The highest BCUT2D eigenvalue weighted by atomic mass is 16.1. The van der Waals surface area contributed by atoms with Gasteiger partial charge in [-0.1, -0.05) is 18.2 Å². The smallest absolute Gasteiger partial charge is 0.263 e. The molecule has 0 radical (unpaired) electrons.